The normalized spacial score (nSPS) is 14.9. The van der Waals surface area contributed by atoms with Crippen molar-refractivity contribution >= 4 is 52.7 Å². The van der Waals surface area contributed by atoms with Gasteiger partial charge in [-0.15, -0.1) is 0 Å². The first-order chi connectivity index (χ1) is 23.2. The zero-order valence-electron chi connectivity index (χ0n) is 26.7. The largest absolute Gasteiger partial charge is 0.466 e. The minimum atomic E-state index is -0.573. The monoisotopic (exact) mass is 692 g/mol. The van der Waals surface area contributed by atoms with Crippen LogP contribution in [-0.4, -0.2) is 54.9 Å². The molecule has 2 atom stereocenters. The van der Waals surface area contributed by atoms with E-state index in [1.54, 1.807) is 24.3 Å². The number of hydrogen-bond acceptors (Lipinski definition) is 7. The SMILES string of the molecule is CCOC(=O)C1CCCN(c2ccc(Cl)cc2CNC(=O)N[C@@H](Cc2ccccc2)c2nc(-c3ccc(NC(=O)OC)cc3)c(Cl)[nH]2)C1. The van der Waals surface area contributed by atoms with E-state index < -0.39 is 18.2 Å². The molecule has 1 aliphatic rings. The van der Waals surface area contributed by atoms with Gasteiger partial charge in [-0.1, -0.05) is 65.7 Å². The van der Waals surface area contributed by atoms with Gasteiger partial charge in [0.15, 0.2) is 0 Å². The number of anilines is 2. The number of imidazole rings is 1. The molecule has 11 nitrogen and oxygen atoms in total. The van der Waals surface area contributed by atoms with Gasteiger partial charge in [0, 0.05) is 41.6 Å². The number of hydrogen-bond donors (Lipinski definition) is 4. The van der Waals surface area contributed by atoms with Crippen LogP contribution in [-0.2, 0) is 27.2 Å². The average molecular weight is 694 g/mol. The highest BCUT2D eigenvalue weighted by atomic mass is 35.5. The summed E-state index contributed by atoms with van der Waals surface area (Å²) in [5.74, 6) is 0.0812. The van der Waals surface area contributed by atoms with Crippen LogP contribution in [0.25, 0.3) is 11.3 Å². The Morgan fingerprint density at radius 1 is 1.06 bits per heavy atom. The number of H-pyrrole nitrogens is 1. The van der Waals surface area contributed by atoms with E-state index in [9.17, 15) is 14.4 Å². The molecule has 1 aliphatic heterocycles. The second kappa shape index (κ2) is 16.4. The van der Waals surface area contributed by atoms with Crippen LogP contribution in [0.5, 0.6) is 0 Å². The molecule has 0 radical (unpaired) electrons. The highest BCUT2D eigenvalue weighted by Gasteiger charge is 2.28. The maximum absolute atomic E-state index is 13.4. The molecule has 4 aromatic rings. The number of aromatic amines is 1. The summed E-state index contributed by atoms with van der Waals surface area (Å²) in [7, 11) is 1.29. The smallest absolute Gasteiger partial charge is 0.411 e. The van der Waals surface area contributed by atoms with Crippen LogP contribution in [0.15, 0.2) is 72.8 Å². The van der Waals surface area contributed by atoms with E-state index in [0.29, 0.717) is 47.0 Å². The zero-order valence-corrected chi connectivity index (χ0v) is 28.2. The molecule has 1 saturated heterocycles. The summed E-state index contributed by atoms with van der Waals surface area (Å²) >= 11 is 13.0. The van der Waals surface area contributed by atoms with Crippen molar-refractivity contribution in [1.82, 2.24) is 20.6 Å². The third-order valence-corrected chi connectivity index (χ3v) is 8.56. The number of amides is 3. The van der Waals surface area contributed by atoms with Crippen LogP contribution >= 0.6 is 23.2 Å². The third-order valence-electron chi connectivity index (χ3n) is 8.05. The van der Waals surface area contributed by atoms with Gasteiger partial charge in [-0.2, -0.15) is 0 Å². The molecule has 2 heterocycles. The van der Waals surface area contributed by atoms with Crippen molar-refractivity contribution in [3.8, 4) is 11.3 Å². The molecule has 0 aliphatic carbocycles. The number of piperidine rings is 1. The van der Waals surface area contributed by atoms with Crippen LogP contribution < -0.4 is 20.9 Å². The van der Waals surface area contributed by atoms with Crippen molar-refractivity contribution in [1.29, 1.82) is 0 Å². The van der Waals surface area contributed by atoms with Gasteiger partial charge < -0.3 is 30.0 Å². The minimum Gasteiger partial charge on any atom is -0.466 e. The van der Waals surface area contributed by atoms with Gasteiger partial charge in [-0.3, -0.25) is 10.1 Å². The Morgan fingerprint density at radius 2 is 1.83 bits per heavy atom. The maximum Gasteiger partial charge on any atom is 0.411 e. The molecule has 1 aromatic heterocycles. The Morgan fingerprint density at radius 3 is 2.56 bits per heavy atom. The lowest BCUT2D eigenvalue weighted by molar-refractivity contribution is -0.148. The van der Waals surface area contributed by atoms with E-state index in [1.807, 2.05) is 55.5 Å². The first-order valence-corrected chi connectivity index (χ1v) is 16.5. The first-order valence-electron chi connectivity index (χ1n) is 15.7. The molecule has 5 rings (SSSR count). The van der Waals surface area contributed by atoms with Crippen molar-refractivity contribution in [2.24, 2.45) is 5.92 Å². The number of aromatic nitrogens is 2. The zero-order chi connectivity index (χ0) is 34.0. The molecular weight excluding hydrogens is 655 g/mol. The van der Waals surface area contributed by atoms with Gasteiger partial charge in [-0.25, -0.2) is 14.6 Å². The first kappa shape index (κ1) is 34.6. The number of halogens is 2. The number of rotatable bonds is 11. The van der Waals surface area contributed by atoms with Crippen molar-refractivity contribution in [3.05, 3.63) is 99.9 Å². The molecule has 1 fully saturated rings. The maximum atomic E-state index is 13.4. The van der Waals surface area contributed by atoms with E-state index in [2.05, 4.69) is 30.6 Å². The molecule has 3 amide bonds. The number of ether oxygens (including phenoxy) is 2. The number of nitrogens with one attached hydrogen (secondary N) is 4. The second-order valence-corrected chi connectivity index (χ2v) is 12.2. The fourth-order valence-electron chi connectivity index (χ4n) is 5.71. The molecule has 3 aromatic carbocycles. The Kier molecular flexibility index (Phi) is 11.8. The topological polar surface area (TPSA) is 138 Å². The molecule has 13 heteroatoms. The van der Waals surface area contributed by atoms with Crippen molar-refractivity contribution in [2.75, 3.05) is 37.0 Å². The lowest BCUT2D eigenvalue weighted by Crippen LogP contribution is -2.41. The van der Waals surface area contributed by atoms with Gasteiger partial charge >= 0.3 is 18.1 Å². The third kappa shape index (κ3) is 8.99. The van der Waals surface area contributed by atoms with E-state index in [4.69, 9.17) is 32.9 Å². The van der Waals surface area contributed by atoms with Crippen LogP contribution in [0.1, 0.15) is 42.8 Å². The highest BCUT2D eigenvalue weighted by molar-refractivity contribution is 6.32. The molecule has 0 spiro atoms. The van der Waals surface area contributed by atoms with Crippen molar-refractivity contribution < 1.29 is 23.9 Å². The van der Waals surface area contributed by atoms with Gasteiger partial charge in [0.1, 0.15) is 16.7 Å². The number of carbonyl (C=O) groups excluding carboxylic acids is 3. The fourth-order valence-corrected chi connectivity index (χ4v) is 6.15. The highest BCUT2D eigenvalue weighted by Crippen LogP contribution is 2.31. The molecule has 0 saturated carbocycles. The summed E-state index contributed by atoms with van der Waals surface area (Å²) in [6, 6.07) is 21.4. The van der Waals surface area contributed by atoms with Gasteiger partial charge in [0.2, 0.25) is 0 Å². The Hall–Kier alpha value is -4.74. The Bertz CT molecular complexity index is 1720. The van der Waals surface area contributed by atoms with Crippen LogP contribution in [0.4, 0.5) is 21.0 Å². The number of esters is 1. The average Bonchev–Trinajstić information content (AvgIpc) is 3.49. The number of carbonyl (C=O) groups is 3. The van der Waals surface area contributed by atoms with Gasteiger partial charge in [0.05, 0.1) is 25.7 Å². The number of urea groups is 1. The number of nitrogens with zero attached hydrogens (tertiary/aromatic N) is 2. The predicted octanol–water partition coefficient (Wildman–Crippen LogP) is 7.12. The van der Waals surface area contributed by atoms with E-state index in [1.165, 1.54) is 7.11 Å². The van der Waals surface area contributed by atoms with E-state index >= 15 is 0 Å². The summed E-state index contributed by atoms with van der Waals surface area (Å²) in [6.07, 6.45) is 1.50. The lowest BCUT2D eigenvalue weighted by Gasteiger charge is -2.34. The van der Waals surface area contributed by atoms with Gasteiger partial charge in [0.25, 0.3) is 0 Å². The predicted molar refractivity (Wildman–Crippen MR) is 186 cm³/mol. The van der Waals surface area contributed by atoms with E-state index in [0.717, 1.165) is 41.8 Å². The molecule has 48 heavy (non-hydrogen) atoms. The Balaban J connectivity index is 1.31. The van der Waals surface area contributed by atoms with Crippen molar-refractivity contribution in [3.63, 3.8) is 0 Å². The molecular formula is C35H38Cl2N6O5. The van der Waals surface area contributed by atoms with Crippen LogP contribution in [0.2, 0.25) is 10.2 Å². The van der Waals surface area contributed by atoms with Crippen LogP contribution in [0, 0.1) is 5.92 Å². The van der Waals surface area contributed by atoms with Gasteiger partial charge in [-0.05, 0) is 67.6 Å². The van der Waals surface area contributed by atoms with E-state index in [-0.39, 0.29) is 18.4 Å². The fraction of sp³-hybridized carbons (Fsp3) is 0.314. The quantitative estimate of drug-likeness (QED) is 0.123. The standard InChI is InChI=1S/C35H38Cl2N6O5/c1-3-48-33(44)24-10-7-17-43(21-24)29-16-13-26(36)19-25(29)20-38-34(45)40-28(18-22-8-5-4-6-9-22)32-41-30(31(37)42-32)23-11-14-27(15-12-23)39-35(46)47-2/h4-6,8-9,11-16,19,24,28H,3,7,10,17-18,20-21H2,1-2H3,(H,39,46)(H,41,42)(H2,38,40,45)/t24?,28-/m0/s1. The summed E-state index contributed by atoms with van der Waals surface area (Å²) in [4.78, 5) is 47.5. The summed E-state index contributed by atoms with van der Waals surface area (Å²) in [5, 5.41) is 9.51. The molecule has 252 valence electrons. The molecule has 0 bridgehead atoms. The second-order valence-electron chi connectivity index (χ2n) is 11.4. The summed E-state index contributed by atoms with van der Waals surface area (Å²) in [6.45, 7) is 3.67. The lowest BCUT2D eigenvalue weighted by atomic mass is 9.97. The number of benzene rings is 3. The Labute approximate surface area is 289 Å². The number of methoxy groups -OCH3 is 1. The molecule has 1 unspecified atom stereocenters. The molecule has 4 N–H and O–H groups in total. The van der Waals surface area contributed by atoms with Crippen molar-refractivity contribution in [2.45, 2.75) is 38.8 Å². The van der Waals surface area contributed by atoms with Crippen LogP contribution in [0.3, 0.4) is 0 Å². The minimum absolute atomic E-state index is 0.187. The summed E-state index contributed by atoms with van der Waals surface area (Å²) in [5.41, 5.74) is 4.51. The summed E-state index contributed by atoms with van der Waals surface area (Å²) < 4.78 is 9.93.